The van der Waals surface area contributed by atoms with Crippen LogP contribution in [0.25, 0.3) is 0 Å². The third-order valence-corrected chi connectivity index (χ3v) is 3.77. The topological polar surface area (TPSA) is 20.2 Å². The first-order chi connectivity index (χ1) is 8.65. The Morgan fingerprint density at radius 1 is 1.06 bits per heavy atom. The van der Waals surface area contributed by atoms with Crippen LogP contribution in [0.4, 0.5) is 4.39 Å². The highest BCUT2D eigenvalue weighted by molar-refractivity contribution is 7.99. The largest absolute Gasteiger partial charge is 0.388 e. The summed E-state index contributed by atoms with van der Waals surface area (Å²) < 4.78 is 12.7. The number of hydrogen-bond donors (Lipinski definition) is 1. The molecule has 0 heterocycles. The molecule has 3 heteroatoms. The van der Waals surface area contributed by atoms with Gasteiger partial charge in [-0.1, -0.05) is 29.8 Å². The molecular weight excluding hydrogens is 247 g/mol. The van der Waals surface area contributed by atoms with E-state index < -0.39 is 6.10 Å². The van der Waals surface area contributed by atoms with E-state index in [1.807, 2.05) is 31.2 Å². The molecule has 2 rings (SSSR count). The first-order valence-corrected chi connectivity index (χ1v) is 6.77. The van der Waals surface area contributed by atoms with E-state index in [4.69, 9.17) is 0 Å². The predicted octanol–water partition coefficient (Wildman–Crippen LogP) is 3.96. The van der Waals surface area contributed by atoms with Crippen molar-refractivity contribution < 1.29 is 9.50 Å². The monoisotopic (exact) mass is 262 g/mol. The minimum Gasteiger partial charge on any atom is -0.388 e. The van der Waals surface area contributed by atoms with Crippen LogP contribution in [0.15, 0.2) is 53.4 Å². The van der Waals surface area contributed by atoms with Crippen molar-refractivity contribution in [1.29, 1.82) is 0 Å². The van der Waals surface area contributed by atoms with Crippen LogP contribution >= 0.6 is 11.8 Å². The molecular formula is C15H15FOS. The number of halogens is 1. The fourth-order valence-corrected chi connectivity index (χ4v) is 2.46. The zero-order valence-electron chi connectivity index (χ0n) is 10.1. The van der Waals surface area contributed by atoms with E-state index >= 15 is 0 Å². The molecule has 0 radical (unpaired) electrons. The highest BCUT2D eigenvalue weighted by Gasteiger charge is 2.07. The third kappa shape index (κ3) is 3.59. The molecule has 0 aliphatic rings. The van der Waals surface area contributed by atoms with Crippen molar-refractivity contribution in [3.8, 4) is 0 Å². The van der Waals surface area contributed by atoms with Crippen molar-refractivity contribution in [2.45, 2.75) is 17.9 Å². The second-order valence-corrected chi connectivity index (χ2v) is 5.28. The van der Waals surface area contributed by atoms with Gasteiger partial charge in [-0.15, -0.1) is 11.8 Å². The summed E-state index contributed by atoms with van der Waals surface area (Å²) in [6, 6.07) is 14.2. The summed E-state index contributed by atoms with van der Waals surface area (Å²) in [5.41, 5.74) is 2.09. The lowest BCUT2D eigenvalue weighted by Crippen LogP contribution is -2.00. The number of hydrogen-bond acceptors (Lipinski definition) is 2. The molecule has 1 N–H and O–H groups in total. The molecule has 18 heavy (non-hydrogen) atoms. The van der Waals surface area contributed by atoms with Gasteiger partial charge in [0.1, 0.15) is 5.82 Å². The lowest BCUT2D eigenvalue weighted by atomic mass is 10.1. The summed E-state index contributed by atoms with van der Waals surface area (Å²) in [6.07, 6.45) is -0.499. The van der Waals surface area contributed by atoms with Gasteiger partial charge < -0.3 is 5.11 Å². The quantitative estimate of drug-likeness (QED) is 0.842. The molecule has 1 atom stereocenters. The van der Waals surface area contributed by atoms with Crippen LogP contribution in [0.5, 0.6) is 0 Å². The van der Waals surface area contributed by atoms with Gasteiger partial charge >= 0.3 is 0 Å². The zero-order valence-corrected chi connectivity index (χ0v) is 11.0. The van der Waals surface area contributed by atoms with E-state index in [0.29, 0.717) is 5.75 Å². The molecule has 0 aromatic heterocycles. The lowest BCUT2D eigenvalue weighted by molar-refractivity contribution is 0.204. The van der Waals surface area contributed by atoms with Crippen LogP contribution in [-0.2, 0) is 0 Å². The fraction of sp³-hybridized carbons (Fsp3) is 0.200. The van der Waals surface area contributed by atoms with Crippen LogP contribution in [0, 0.1) is 12.7 Å². The van der Waals surface area contributed by atoms with Crippen LogP contribution < -0.4 is 0 Å². The molecule has 0 amide bonds. The number of benzene rings is 2. The summed E-state index contributed by atoms with van der Waals surface area (Å²) in [5.74, 6) is 0.327. The van der Waals surface area contributed by atoms with Gasteiger partial charge in [-0.25, -0.2) is 4.39 Å². The van der Waals surface area contributed by atoms with E-state index in [0.717, 1.165) is 10.5 Å². The lowest BCUT2D eigenvalue weighted by Gasteiger charge is -2.10. The molecule has 0 spiro atoms. The first-order valence-electron chi connectivity index (χ1n) is 5.78. The van der Waals surface area contributed by atoms with E-state index in [-0.39, 0.29) is 5.82 Å². The number of aliphatic hydroxyl groups is 1. The molecule has 0 bridgehead atoms. The molecule has 1 unspecified atom stereocenters. The standard InChI is InChI=1S/C15H15FOS/c1-11-2-4-12(5-3-11)15(17)10-18-14-8-6-13(16)7-9-14/h2-9,15,17H,10H2,1H3. The Bertz CT molecular complexity index is 493. The van der Waals surface area contributed by atoms with Crippen LogP contribution in [0.3, 0.4) is 0 Å². The van der Waals surface area contributed by atoms with Gasteiger partial charge in [0.25, 0.3) is 0 Å². The Morgan fingerprint density at radius 3 is 2.28 bits per heavy atom. The number of aryl methyl sites for hydroxylation is 1. The highest BCUT2D eigenvalue weighted by Crippen LogP contribution is 2.24. The molecule has 0 saturated heterocycles. The predicted molar refractivity (Wildman–Crippen MR) is 73.3 cm³/mol. The van der Waals surface area contributed by atoms with Crippen molar-refractivity contribution >= 4 is 11.8 Å². The molecule has 94 valence electrons. The van der Waals surface area contributed by atoms with Gasteiger partial charge in [0, 0.05) is 10.6 Å². The fourth-order valence-electron chi connectivity index (χ4n) is 1.59. The van der Waals surface area contributed by atoms with E-state index in [1.54, 1.807) is 12.1 Å². The highest BCUT2D eigenvalue weighted by atomic mass is 32.2. The molecule has 0 fully saturated rings. The number of aliphatic hydroxyl groups excluding tert-OH is 1. The maximum Gasteiger partial charge on any atom is 0.123 e. The van der Waals surface area contributed by atoms with Gasteiger partial charge in [-0.2, -0.15) is 0 Å². The van der Waals surface area contributed by atoms with E-state index in [9.17, 15) is 9.50 Å². The molecule has 2 aromatic carbocycles. The summed E-state index contributed by atoms with van der Waals surface area (Å²) in [5, 5.41) is 10.0. The minimum atomic E-state index is -0.499. The second-order valence-electron chi connectivity index (χ2n) is 4.19. The summed E-state index contributed by atoms with van der Waals surface area (Å²) >= 11 is 1.52. The molecule has 0 saturated carbocycles. The Hall–Kier alpha value is -1.32. The smallest absolute Gasteiger partial charge is 0.123 e. The summed E-state index contributed by atoms with van der Waals surface area (Å²) in [4.78, 5) is 0.961. The Kier molecular flexibility index (Phi) is 4.39. The van der Waals surface area contributed by atoms with E-state index in [2.05, 4.69) is 0 Å². The van der Waals surface area contributed by atoms with E-state index in [1.165, 1.54) is 29.5 Å². The van der Waals surface area contributed by atoms with Gasteiger partial charge in [0.05, 0.1) is 6.10 Å². The van der Waals surface area contributed by atoms with Gasteiger partial charge in [0.15, 0.2) is 0 Å². The maximum absolute atomic E-state index is 12.7. The van der Waals surface area contributed by atoms with Crippen molar-refractivity contribution in [3.63, 3.8) is 0 Å². The van der Waals surface area contributed by atoms with Crippen LogP contribution in [0.1, 0.15) is 17.2 Å². The van der Waals surface area contributed by atoms with Gasteiger partial charge in [-0.3, -0.25) is 0 Å². The molecule has 0 aliphatic heterocycles. The number of rotatable bonds is 4. The zero-order chi connectivity index (χ0) is 13.0. The van der Waals surface area contributed by atoms with Gasteiger partial charge in [0.2, 0.25) is 0 Å². The molecule has 1 nitrogen and oxygen atoms in total. The Labute approximate surface area is 111 Å². The Balaban J connectivity index is 1.93. The second kappa shape index (κ2) is 6.03. The molecule has 2 aromatic rings. The summed E-state index contributed by atoms with van der Waals surface area (Å²) in [6.45, 7) is 2.02. The third-order valence-electron chi connectivity index (χ3n) is 2.68. The number of thioether (sulfide) groups is 1. The summed E-state index contributed by atoms with van der Waals surface area (Å²) in [7, 11) is 0. The van der Waals surface area contributed by atoms with Crippen LogP contribution in [-0.4, -0.2) is 10.9 Å². The van der Waals surface area contributed by atoms with Crippen molar-refractivity contribution in [1.82, 2.24) is 0 Å². The maximum atomic E-state index is 12.7. The van der Waals surface area contributed by atoms with Crippen molar-refractivity contribution in [2.75, 3.05) is 5.75 Å². The first kappa shape index (κ1) is 13.1. The Morgan fingerprint density at radius 2 is 1.67 bits per heavy atom. The average Bonchev–Trinajstić information content (AvgIpc) is 2.38. The normalized spacial score (nSPS) is 12.4. The minimum absolute atomic E-state index is 0.238. The molecule has 0 aliphatic carbocycles. The van der Waals surface area contributed by atoms with Crippen LogP contribution in [0.2, 0.25) is 0 Å². The van der Waals surface area contributed by atoms with Crippen molar-refractivity contribution in [2.24, 2.45) is 0 Å². The van der Waals surface area contributed by atoms with Gasteiger partial charge in [-0.05, 0) is 36.8 Å². The SMILES string of the molecule is Cc1ccc(C(O)CSc2ccc(F)cc2)cc1. The van der Waals surface area contributed by atoms with Crippen molar-refractivity contribution in [3.05, 3.63) is 65.5 Å². The average molecular weight is 262 g/mol.